The van der Waals surface area contributed by atoms with Gasteiger partial charge in [0.1, 0.15) is 23.9 Å². The molecule has 0 aliphatic carbocycles. The Bertz CT molecular complexity index is 2080. The number of carbonyl (C=O) groups excluding carboxylic acids is 5. The number of nitrogens with one attached hydrogen (secondary N) is 4. The van der Waals surface area contributed by atoms with Crippen LogP contribution in [-0.2, 0) is 30.4 Å². The molecule has 2 saturated heterocycles. The number of benzene rings is 2. The smallest absolute Gasteiger partial charge is 0.407 e. The second kappa shape index (κ2) is 17.1. The second-order valence-corrected chi connectivity index (χ2v) is 15.8. The summed E-state index contributed by atoms with van der Waals surface area (Å²) in [6, 6.07) is 14.5. The summed E-state index contributed by atoms with van der Waals surface area (Å²) >= 11 is 1.61. The van der Waals surface area contributed by atoms with Gasteiger partial charge in [0, 0.05) is 25.8 Å². The number of ether oxygens (including phenoxy) is 2. The van der Waals surface area contributed by atoms with E-state index in [1.165, 1.54) is 19.1 Å². The van der Waals surface area contributed by atoms with Crippen molar-refractivity contribution in [3.05, 3.63) is 83.9 Å². The van der Waals surface area contributed by atoms with Crippen LogP contribution in [0.5, 0.6) is 0 Å². The summed E-state index contributed by atoms with van der Waals surface area (Å²) in [5.41, 5.74) is 3.52. The number of aromatic nitrogens is 4. The van der Waals surface area contributed by atoms with Gasteiger partial charge in [-0.1, -0.05) is 80.2 Å². The van der Waals surface area contributed by atoms with E-state index in [1.807, 2.05) is 42.8 Å². The normalized spacial score (nSPS) is 19.8. The summed E-state index contributed by atoms with van der Waals surface area (Å²) in [4.78, 5) is 81.0. The molecule has 2 unspecified atom stereocenters. The third-order valence-corrected chi connectivity index (χ3v) is 11.9. The molecule has 0 bridgehead atoms. The molecule has 0 spiro atoms. The van der Waals surface area contributed by atoms with Crippen LogP contribution in [0.15, 0.2) is 72.1 Å². The van der Waals surface area contributed by atoms with E-state index in [2.05, 4.69) is 38.1 Å². The van der Waals surface area contributed by atoms with Crippen LogP contribution < -0.4 is 16.0 Å². The summed E-state index contributed by atoms with van der Waals surface area (Å²) in [6.45, 7) is 5.41. The van der Waals surface area contributed by atoms with Crippen LogP contribution in [0.1, 0.15) is 73.8 Å². The van der Waals surface area contributed by atoms with Crippen molar-refractivity contribution in [3.8, 4) is 11.3 Å². The number of fused-ring (bicyclic) bond motifs is 1. The van der Waals surface area contributed by atoms with Gasteiger partial charge in [-0.3, -0.25) is 14.4 Å². The van der Waals surface area contributed by atoms with Gasteiger partial charge in [-0.2, -0.15) is 0 Å². The van der Waals surface area contributed by atoms with Crippen molar-refractivity contribution in [1.29, 1.82) is 0 Å². The van der Waals surface area contributed by atoms with Gasteiger partial charge in [0.25, 0.3) is 5.91 Å². The van der Waals surface area contributed by atoms with Gasteiger partial charge in [-0.25, -0.2) is 19.6 Å². The lowest BCUT2D eigenvalue weighted by molar-refractivity contribution is -0.138. The topological polar surface area (TPSA) is 193 Å². The van der Waals surface area contributed by atoms with Gasteiger partial charge in [0.05, 0.1) is 37.4 Å². The highest BCUT2D eigenvalue weighted by Gasteiger charge is 2.40. The van der Waals surface area contributed by atoms with E-state index in [1.54, 1.807) is 47.1 Å². The molecule has 300 valence electrons. The first kappa shape index (κ1) is 39.4. The zero-order valence-corrected chi connectivity index (χ0v) is 33.1. The van der Waals surface area contributed by atoms with Crippen LogP contribution in [-0.4, -0.2) is 98.6 Å². The number of imidazole rings is 2. The number of rotatable bonds is 11. The summed E-state index contributed by atoms with van der Waals surface area (Å²) in [7, 11) is 2.52. The molecule has 3 aliphatic rings. The molecular weight excluding hydrogens is 751 g/mol. The lowest BCUT2D eigenvalue weighted by Crippen LogP contribution is -2.51. The van der Waals surface area contributed by atoms with Crippen molar-refractivity contribution in [3.63, 3.8) is 0 Å². The fourth-order valence-electron chi connectivity index (χ4n) is 7.71. The number of carbonyl (C=O) groups is 5. The van der Waals surface area contributed by atoms with Gasteiger partial charge in [0.15, 0.2) is 11.0 Å². The van der Waals surface area contributed by atoms with Crippen LogP contribution in [0.3, 0.4) is 0 Å². The van der Waals surface area contributed by atoms with Crippen molar-refractivity contribution in [2.75, 3.05) is 32.6 Å². The SMILES string of the molecule is COC(=O)N[C@H](C(=O)N1CCC[C@H]1c1ncc(-c2ccc(C3Cn4cc(NC(=O)C5CCCN5C(=O)[C@H](NC(=O)OC)c5ccccc5)nc4S3)cc2)[nH]1)C(C)C. The van der Waals surface area contributed by atoms with Crippen LogP contribution in [0.4, 0.5) is 15.4 Å². The highest BCUT2D eigenvalue weighted by molar-refractivity contribution is 7.99. The average Bonchev–Trinajstić information content (AvgIpc) is 4.07. The lowest BCUT2D eigenvalue weighted by atomic mass is 10.0. The Balaban J connectivity index is 0.956. The highest BCUT2D eigenvalue weighted by atomic mass is 32.2. The van der Waals surface area contributed by atoms with Crippen LogP contribution in [0.25, 0.3) is 11.3 Å². The Morgan fingerprint density at radius 2 is 1.58 bits per heavy atom. The summed E-state index contributed by atoms with van der Waals surface area (Å²) in [6.07, 6.45) is 4.98. The summed E-state index contributed by atoms with van der Waals surface area (Å²) in [5.74, 6) is 0.144. The number of alkyl carbamates (subject to hydrolysis) is 2. The average molecular weight is 798 g/mol. The molecule has 2 aromatic heterocycles. The van der Waals surface area contributed by atoms with Gasteiger partial charge in [0.2, 0.25) is 11.8 Å². The van der Waals surface area contributed by atoms with Gasteiger partial charge in [-0.05, 0) is 48.3 Å². The molecule has 5 amide bonds. The Hall–Kier alpha value is -5.84. The first-order valence-corrected chi connectivity index (χ1v) is 20.0. The van der Waals surface area contributed by atoms with E-state index in [9.17, 15) is 24.0 Å². The Morgan fingerprint density at radius 3 is 2.28 bits per heavy atom. The van der Waals surface area contributed by atoms with E-state index < -0.39 is 30.3 Å². The number of nitrogens with zero attached hydrogens (tertiary/aromatic N) is 5. The highest BCUT2D eigenvalue weighted by Crippen LogP contribution is 2.43. The van der Waals surface area contributed by atoms with E-state index >= 15 is 0 Å². The third kappa shape index (κ3) is 8.48. The lowest BCUT2D eigenvalue weighted by Gasteiger charge is -2.30. The van der Waals surface area contributed by atoms with Crippen LogP contribution >= 0.6 is 11.8 Å². The largest absolute Gasteiger partial charge is 0.453 e. The molecule has 3 aliphatic heterocycles. The summed E-state index contributed by atoms with van der Waals surface area (Å²) in [5, 5.41) is 9.12. The first-order valence-electron chi connectivity index (χ1n) is 19.1. The van der Waals surface area contributed by atoms with Gasteiger partial charge < -0.3 is 44.8 Å². The zero-order valence-electron chi connectivity index (χ0n) is 32.3. The van der Waals surface area contributed by atoms with E-state index in [-0.39, 0.29) is 34.9 Å². The number of likely N-dealkylation sites (tertiary alicyclic amines) is 2. The zero-order chi connectivity index (χ0) is 40.2. The standard InChI is InChI=1S/C40H47N9O7S/c1-23(2)32(45-39(53)55-3)36(51)48-18-8-12-28(48)34-41-20-27(42-34)24-14-16-25(17-15-24)30-21-47-22-31(44-38(47)57-30)43-35(50)29-13-9-19-49(29)37(52)33(46-40(54)56-4)26-10-6-5-7-11-26/h5-7,10-11,14-17,20,22-23,28-30,32-33H,8-9,12-13,18-19,21H2,1-4H3,(H,41,42)(H,43,50)(H,45,53)(H,46,54)/t28-,29?,30?,32-,33+/m0/s1. The number of anilines is 1. The molecule has 57 heavy (non-hydrogen) atoms. The third-order valence-electron chi connectivity index (χ3n) is 10.7. The predicted molar refractivity (Wildman–Crippen MR) is 211 cm³/mol. The summed E-state index contributed by atoms with van der Waals surface area (Å²) < 4.78 is 11.5. The molecule has 2 aromatic carbocycles. The van der Waals surface area contributed by atoms with Crippen LogP contribution in [0, 0.1) is 5.92 Å². The molecule has 4 aromatic rings. The molecule has 0 radical (unpaired) electrons. The molecule has 5 atom stereocenters. The minimum Gasteiger partial charge on any atom is -0.453 e. The Kier molecular flexibility index (Phi) is 11.8. The van der Waals surface area contributed by atoms with E-state index in [0.717, 1.165) is 34.8 Å². The van der Waals surface area contributed by atoms with Gasteiger partial charge >= 0.3 is 12.2 Å². The maximum absolute atomic E-state index is 13.7. The fourth-order valence-corrected chi connectivity index (χ4v) is 8.91. The number of hydrogen-bond acceptors (Lipinski definition) is 10. The predicted octanol–water partition coefficient (Wildman–Crippen LogP) is 5.19. The number of H-pyrrole nitrogens is 1. The first-order chi connectivity index (χ1) is 27.5. The number of aromatic amines is 1. The Labute approximate surface area is 334 Å². The van der Waals surface area contributed by atoms with Crippen molar-refractivity contribution in [1.82, 2.24) is 40.0 Å². The maximum atomic E-state index is 13.7. The van der Waals surface area contributed by atoms with E-state index in [4.69, 9.17) is 14.5 Å². The fraction of sp³-hybridized carbons (Fsp3) is 0.425. The number of amides is 5. The number of methoxy groups -OCH3 is 2. The molecule has 4 N–H and O–H groups in total. The van der Waals surface area contributed by atoms with Crippen LogP contribution in [0.2, 0.25) is 0 Å². The van der Waals surface area contributed by atoms with Gasteiger partial charge in [-0.15, -0.1) is 0 Å². The van der Waals surface area contributed by atoms with Crippen molar-refractivity contribution < 1.29 is 33.4 Å². The monoisotopic (exact) mass is 797 g/mol. The van der Waals surface area contributed by atoms with E-state index in [0.29, 0.717) is 49.7 Å². The second-order valence-electron chi connectivity index (χ2n) is 14.7. The molecular formula is C40H47N9O7S. The molecule has 16 nitrogen and oxygen atoms in total. The number of thioether (sulfide) groups is 1. The minimum atomic E-state index is -0.996. The molecule has 17 heteroatoms. The Morgan fingerprint density at radius 1 is 0.877 bits per heavy atom. The quantitative estimate of drug-likeness (QED) is 0.157. The maximum Gasteiger partial charge on any atom is 0.407 e. The molecule has 2 fully saturated rings. The van der Waals surface area contributed by atoms with Crippen molar-refractivity contribution in [2.24, 2.45) is 5.92 Å². The molecule has 7 rings (SSSR count). The van der Waals surface area contributed by atoms with Crippen molar-refractivity contribution >= 4 is 47.5 Å². The van der Waals surface area contributed by atoms with Crippen molar-refractivity contribution in [2.45, 2.75) is 80.6 Å². The molecule has 5 heterocycles. The minimum absolute atomic E-state index is 0.116. The number of hydrogen-bond donors (Lipinski definition) is 4. The molecule has 0 saturated carbocycles.